The SMILES string of the molecule is CCCNCCNC(=O)C1CCCN1C(=O)c1cccs1. The normalized spacial score (nSPS) is 18.0. The van der Waals surface area contributed by atoms with E-state index >= 15 is 0 Å². The van der Waals surface area contributed by atoms with Crippen molar-refractivity contribution in [2.75, 3.05) is 26.2 Å². The molecular weight excluding hydrogens is 286 g/mol. The van der Waals surface area contributed by atoms with Crippen molar-refractivity contribution in [2.24, 2.45) is 0 Å². The predicted octanol–water partition coefficient (Wildman–Crippen LogP) is 1.47. The lowest BCUT2D eigenvalue weighted by Crippen LogP contribution is -2.47. The largest absolute Gasteiger partial charge is 0.353 e. The maximum absolute atomic E-state index is 12.4. The van der Waals surface area contributed by atoms with E-state index in [0.29, 0.717) is 18.0 Å². The molecule has 1 aromatic heterocycles. The summed E-state index contributed by atoms with van der Waals surface area (Å²) < 4.78 is 0. The smallest absolute Gasteiger partial charge is 0.264 e. The maximum atomic E-state index is 12.4. The summed E-state index contributed by atoms with van der Waals surface area (Å²) in [6, 6.07) is 3.36. The number of nitrogens with one attached hydrogen (secondary N) is 2. The van der Waals surface area contributed by atoms with Crippen molar-refractivity contribution in [1.82, 2.24) is 15.5 Å². The summed E-state index contributed by atoms with van der Waals surface area (Å²) in [5.74, 6) is -0.0533. The second-order valence-electron chi connectivity index (χ2n) is 5.17. The van der Waals surface area contributed by atoms with Crippen molar-refractivity contribution in [2.45, 2.75) is 32.2 Å². The number of hydrogen-bond acceptors (Lipinski definition) is 4. The minimum atomic E-state index is -0.314. The van der Waals surface area contributed by atoms with E-state index in [0.717, 1.165) is 32.4 Å². The van der Waals surface area contributed by atoms with Crippen molar-refractivity contribution in [3.63, 3.8) is 0 Å². The Bertz CT molecular complexity index is 461. The number of rotatable bonds is 7. The van der Waals surface area contributed by atoms with Gasteiger partial charge in [-0.1, -0.05) is 13.0 Å². The van der Waals surface area contributed by atoms with Gasteiger partial charge in [0.05, 0.1) is 4.88 Å². The van der Waals surface area contributed by atoms with Gasteiger partial charge in [0.2, 0.25) is 5.91 Å². The first-order chi connectivity index (χ1) is 10.2. The molecular formula is C15H23N3O2S. The Morgan fingerprint density at radius 1 is 1.38 bits per heavy atom. The summed E-state index contributed by atoms with van der Waals surface area (Å²) in [5, 5.41) is 8.05. The van der Waals surface area contributed by atoms with Crippen LogP contribution in [0.2, 0.25) is 0 Å². The lowest BCUT2D eigenvalue weighted by molar-refractivity contribution is -0.124. The van der Waals surface area contributed by atoms with Gasteiger partial charge < -0.3 is 15.5 Å². The van der Waals surface area contributed by atoms with Crippen LogP contribution < -0.4 is 10.6 Å². The summed E-state index contributed by atoms with van der Waals surface area (Å²) in [6.07, 6.45) is 2.73. The Hall–Kier alpha value is -1.40. The molecule has 0 bridgehead atoms. The highest BCUT2D eigenvalue weighted by molar-refractivity contribution is 7.12. The van der Waals surface area contributed by atoms with E-state index < -0.39 is 0 Å². The van der Waals surface area contributed by atoms with Gasteiger partial charge >= 0.3 is 0 Å². The quantitative estimate of drug-likeness (QED) is 0.750. The molecule has 5 nitrogen and oxygen atoms in total. The molecule has 1 aliphatic heterocycles. The van der Waals surface area contributed by atoms with E-state index in [4.69, 9.17) is 0 Å². The van der Waals surface area contributed by atoms with Gasteiger partial charge in [-0.3, -0.25) is 9.59 Å². The van der Waals surface area contributed by atoms with Crippen molar-refractivity contribution in [3.05, 3.63) is 22.4 Å². The molecule has 2 heterocycles. The van der Waals surface area contributed by atoms with E-state index in [1.54, 1.807) is 4.90 Å². The summed E-state index contributed by atoms with van der Waals surface area (Å²) in [4.78, 5) is 27.0. The fraction of sp³-hybridized carbons (Fsp3) is 0.600. The van der Waals surface area contributed by atoms with E-state index in [-0.39, 0.29) is 17.9 Å². The molecule has 6 heteroatoms. The number of carbonyl (C=O) groups excluding carboxylic acids is 2. The zero-order valence-corrected chi connectivity index (χ0v) is 13.2. The third kappa shape index (κ3) is 4.28. The Labute approximate surface area is 129 Å². The highest BCUT2D eigenvalue weighted by atomic mass is 32.1. The van der Waals surface area contributed by atoms with Gasteiger partial charge in [0, 0.05) is 19.6 Å². The molecule has 1 fully saturated rings. The Morgan fingerprint density at radius 3 is 2.95 bits per heavy atom. The molecule has 0 aromatic carbocycles. The first kappa shape index (κ1) is 16.0. The first-order valence-corrected chi connectivity index (χ1v) is 8.45. The second-order valence-corrected chi connectivity index (χ2v) is 6.12. The lowest BCUT2D eigenvalue weighted by atomic mass is 10.2. The van der Waals surface area contributed by atoms with Crippen molar-refractivity contribution >= 4 is 23.2 Å². The third-order valence-corrected chi connectivity index (χ3v) is 4.43. The minimum Gasteiger partial charge on any atom is -0.353 e. The maximum Gasteiger partial charge on any atom is 0.264 e. The molecule has 1 atom stereocenters. The molecule has 116 valence electrons. The molecule has 0 saturated carbocycles. The van der Waals surface area contributed by atoms with Crippen LogP contribution in [0.5, 0.6) is 0 Å². The van der Waals surface area contributed by atoms with Crippen LogP contribution in [-0.2, 0) is 4.79 Å². The van der Waals surface area contributed by atoms with E-state index in [1.807, 2.05) is 17.5 Å². The number of amides is 2. The average molecular weight is 309 g/mol. The van der Waals surface area contributed by atoms with Crippen molar-refractivity contribution in [3.8, 4) is 0 Å². The molecule has 1 aliphatic rings. The monoisotopic (exact) mass is 309 g/mol. The Balaban J connectivity index is 1.83. The second kappa shape index (κ2) is 8.14. The zero-order chi connectivity index (χ0) is 15.1. The third-order valence-electron chi connectivity index (χ3n) is 3.58. The molecule has 0 aliphatic carbocycles. The highest BCUT2D eigenvalue weighted by Gasteiger charge is 2.34. The molecule has 0 radical (unpaired) electrons. The molecule has 1 aromatic rings. The van der Waals surface area contributed by atoms with Crippen molar-refractivity contribution < 1.29 is 9.59 Å². The van der Waals surface area contributed by atoms with Gasteiger partial charge in [0.25, 0.3) is 5.91 Å². The van der Waals surface area contributed by atoms with Crippen LogP contribution in [0.15, 0.2) is 17.5 Å². The van der Waals surface area contributed by atoms with Gasteiger partial charge in [-0.15, -0.1) is 11.3 Å². The fourth-order valence-corrected chi connectivity index (χ4v) is 3.20. The number of thiophene rings is 1. The summed E-state index contributed by atoms with van der Waals surface area (Å²) in [7, 11) is 0. The van der Waals surface area contributed by atoms with Gasteiger partial charge in [0.15, 0.2) is 0 Å². The minimum absolute atomic E-state index is 0.0215. The molecule has 0 spiro atoms. The van der Waals surface area contributed by atoms with E-state index in [1.165, 1.54) is 11.3 Å². The van der Waals surface area contributed by atoms with Crippen LogP contribution in [0, 0.1) is 0 Å². The molecule has 1 saturated heterocycles. The van der Waals surface area contributed by atoms with Gasteiger partial charge in [0.1, 0.15) is 6.04 Å². The summed E-state index contributed by atoms with van der Waals surface area (Å²) in [6.45, 7) is 5.12. The number of likely N-dealkylation sites (tertiary alicyclic amines) is 1. The molecule has 2 N–H and O–H groups in total. The van der Waals surface area contributed by atoms with Crippen LogP contribution >= 0.6 is 11.3 Å². The highest BCUT2D eigenvalue weighted by Crippen LogP contribution is 2.22. The lowest BCUT2D eigenvalue weighted by Gasteiger charge is -2.23. The number of carbonyl (C=O) groups is 2. The average Bonchev–Trinajstić information content (AvgIpc) is 3.17. The predicted molar refractivity (Wildman–Crippen MR) is 84.5 cm³/mol. The summed E-state index contributed by atoms with van der Waals surface area (Å²) >= 11 is 1.43. The fourth-order valence-electron chi connectivity index (χ4n) is 2.52. The van der Waals surface area contributed by atoms with Gasteiger partial charge in [-0.25, -0.2) is 0 Å². The molecule has 2 amide bonds. The molecule has 1 unspecified atom stereocenters. The Kier molecular flexibility index (Phi) is 6.20. The number of hydrogen-bond donors (Lipinski definition) is 2. The van der Waals surface area contributed by atoms with E-state index in [2.05, 4.69) is 17.6 Å². The molecule has 2 rings (SSSR count). The summed E-state index contributed by atoms with van der Waals surface area (Å²) in [5.41, 5.74) is 0. The van der Waals surface area contributed by atoms with Crippen LogP contribution in [-0.4, -0.2) is 48.9 Å². The topological polar surface area (TPSA) is 61.4 Å². The van der Waals surface area contributed by atoms with Crippen LogP contribution in [0.4, 0.5) is 0 Å². The van der Waals surface area contributed by atoms with Gasteiger partial charge in [-0.2, -0.15) is 0 Å². The van der Waals surface area contributed by atoms with Gasteiger partial charge in [-0.05, 0) is 37.3 Å². The zero-order valence-electron chi connectivity index (χ0n) is 12.4. The van der Waals surface area contributed by atoms with Crippen LogP contribution in [0.1, 0.15) is 35.9 Å². The van der Waals surface area contributed by atoms with Crippen LogP contribution in [0.3, 0.4) is 0 Å². The molecule has 21 heavy (non-hydrogen) atoms. The Morgan fingerprint density at radius 2 is 2.24 bits per heavy atom. The first-order valence-electron chi connectivity index (χ1n) is 7.57. The van der Waals surface area contributed by atoms with Crippen LogP contribution in [0.25, 0.3) is 0 Å². The standard InChI is InChI=1S/C15H23N3O2S/c1-2-7-16-8-9-17-14(19)12-5-3-10-18(12)15(20)13-6-4-11-21-13/h4,6,11-12,16H,2-3,5,7-10H2,1H3,(H,17,19). The number of nitrogens with zero attached hydrogens (tertiary/aromatic N) is 1. The van der Waals surface area contributed by atoms with Crippen molar-refractivity contribution in [1.29, 1.82) is 0 Å². The van der Waals surface area contributed by atoms with E-state index in [9.17, 15) is 9.59 Å².